The molecule has 0 aromatic carbocycles. The molecule has 0 spiro atoms. The molecular weight excluding hydrogens is 274 g/mol. The minimum atomic E-state index is -0.161. The summed E-state index contributed by atoms with van der Waals surface area (Å²) < 4.78 is 0. The van der Waals surface area contributed by atoms with Crippen molar-refractivity contribution in [2.24, 2.45) is 0 Å². The molecule has 84 valence electrons. The Balaban J connectivity index is 2.92. The lowest BCUT2D eigenvalue weighted by Gasteiger charge is -2.34. The highest BCUT2D eigenvalue weighted by Crippen LogP contribution is 2.21. The monoisotopic (exact) mass is 289 g/mol. The van der Waals surface area contributed by atoms with E-state index in [1.54, 1.807) is 16.2 Å². The molecule has 1 aromatic rings. The smallest absolute Gasteiger partial charge is 0.255 e. The second kappa shape index (κ2) is 4.66. The van der Waals surface area contributed by atoms with Gasteiger partial charge in [0.05, 0.1) is 5.56 Å². The molecule has 0 bridgehead atoms. The van der Waals surface area contributed by atoms with E-state index in [-0.39, 0.29) is 11.4 Å². The van der Waals surface area contributed by atoms with Crippen LogP contribution in [0.3, 0.4) is 0 Å². The number of thiophene rings is 1. The van der Waals surface area contributed by atoms with Crippen LogP contribution in [0.4, 0.5) is 0 Å². The lowest BCUT2D eigenvalue weighted by molar-refractivity contribution is 0.0663. The van der Waals surface area contributed by atoms with E-state index in [2.05, 4.69) is 15.9 Å². The maximum absolute atomic E-state index is 12.1. The van der Waals surface area contributed by atoms with Crippen LogP contribution in [0.25, 0.3) is 0 Å². The number of carbonyl (C=O) groups excluding carboxylic acids is 1. The summed E-state index contributed by atoms with van der Waals surface area (Å²) in [5.41, 5.74) is 1.71. The maximum atomic E-state index is 12.1. The molecule has 1 heterocycles. The lowest BCUT2D eigenvalue weighted by atomic mass is 10.1. The van der Waals surface area contributed by atoms with Gasteiger partial charge in [-0.05, 0) is 31.7 Å². The summed E-state index contributed by atoms with van der Waals surface area (Å²) >= 11 is 5.00. The van der Waals surface area contributed by atoms with Crippen molar-refractivity contribution >= 4 is 33.2 Å². The summed E-state index contributed by atoms with van der Waals surface area (Å²) in [6, 6.07) is 0. The Bertz CT molecular complexity index is 359. The predicted molar refractivity (Wildman–Crippen MR) is 69.0 cm³/mol. The van der Waals surface area contributed by atoms with Gasteiger partial charge in [-0.2, -0.15) is 11.3 Å². The van der Waals surface area contributed by atoms with Crippen molar-refractivity contribution < 1.29 is 4.79 Å². The van der Waals surface area contributed by atoms with Crippen LogP contribution < -0.4 is 0 Å². The number of halogens is 1. The predicted octanol–water partition coefficient (Wildman–Crippen LogP) is 3.30. The zero-order chi connectivity index (χ0) is 11.6. The molecule has 0 aliphatic heterocycles. The molecule has 0 fully saturated rings. The van der Waals surface area contributed by atoms with Gasteiger partial charge in [0.1, 0.15) is 0 Å². The summed E-state index contributed by atoms with van der Waals surface area (Å²) in [7, 11) is 1.85. The molecule has 0 aliphatic rings. The van der Waals surface area contributed by atoms with Crippen molar-refractivity contribution in [1.82, 2.24) is 4.90 Å². The van der Waals surface area contributed by atoms with Gasteiger partial charge < -0.3 is 4.90 Å². The van der Waals surface area contributed by atoms with Crippen molar-refractivity contribution in [3.63, 3.8) is 0 Å². The van der Waals surface area contributed by atoms with Crippen molar-refractivity contribution in [3.8, 4) is 0 Å². The molecule has 1 rings (SSSR count). The van der Waals surface area contributed by atoms with Gasteiger partial charge in [-0.25, -0.2) is 0 Å². The first-order chi connectivity index (χ1) is 6.90. The number of hydrogen-bond donors (Lipinski definition) is 0. The number of carbonyl (C=O) groups is 1. The van der Waals surface area contributed by atoms with Crippen molar-refractivity contribution in [2.75, 3.05) is 12.4 Å². The second-order valence-electron chi connectivity index (χ2n) is 4.28. The SMILES string of the molecule is Cc1cscc1C(=O)N(C)C(C)(C)CBr. The molecule has 2 nitrogen and oxygen atoms in total. The average molecular weight is 290 g/mol. The van der Waals surface area contributed by atoms with Gasteiger partial charge in [-0.15, -0.1) is 0 Å². The van der Waals surface area contributed by atoms with Crippen LogP contribution in [0.1, 0.15) is 29.8 Å². The minimum absolute atomic E-state index is 0.0956. The summed E-state index contributed by atoms with van der Waals surface area (Å²) in [6.07, 6.45) is 0. The topological polar surface area (TPSA) is 20.3 Å². The summed E-state index contributed by atoms with van der Waals surface area (Å²) in [5, 5.41) is 4.69. The zero-order valence-corrected chi connectivity index (χ0v) is 11.9. The minimum Gasteiger partial charge on any atom is -0.336 e. The highest BCUT2D eigenvalue weighted by Gasteiger charge is 2.27. The highest BCUT2D eigenvalue weighted by atomic mass is 79.9. The van der Waals surface area contributed by atoms with Crippen molar-refractivity contribution in [1.29, 1.82) is 0 Å². The number of aryl methyl sites for hydroxylation is 1. The summed E-state index contributed by atoms with van der Waals surface area (Å²) in [6.45, 7) is 6.06. The van der Waals surface area contributed by atoms with Crippen molar-refractivity contribution in [2.45, 2.75) is 26.3 Å². The van der Waals surface area contributed by atoms with Crippen LogP contribution in [0.5, 0.6) is 0 Å². The van der Waals surface area contributed by atoms with Crippen LogP contribution in [0, 0.1) is 6.92 Å². The highest BCUT2D eigenvalue weighted by molar-refractivity contribution is 9.09. The van der Waals surface area contributed by atoms with Crippen LogP contribution >= 0.6 is 27.3 Å². The Labute approximate surface area is 103 Å². The van der Waals surface area contributed by atoms with E-state index in [4.69, 9.17) is 0 Å². The second-order valence-corrected chi connectivity index (χ2v) is 5.58. The third-order valence-electron chi connectivity index (χ3n) is 2.63. The van der Waals surface area contributed by atoms with E-state index < -0.39 is 0 Å². The van der Waals surface area contributed by atoms with Crippen LogP contribution in [-0.2, 0) is 0 Å². The molecule has 4 heteroatoms. The van der Waals surface area contributed by atoms with Gasteiger partial charge >= 0.3 is 0 Å². The Morgan fingerprint density at radius 1 is 1.53 bits per heavy atom. The molecule has 0 saturated heterocycles. The van der Waals surface area contributed by atoms with Gasteiger partial charge in [0.25, 0.3) is 5.91 Å². The van der Waals surface area contributed by atoms with Gasteiger partial charge in [0.15, 0.2) is 0 Å². The van der Waals surface area contributed by atoms with E-state index in [0.29, 0.717) is 0 Å². The first-order valence-electron chi connectivity index (χ1n) is 4.77. The Morgan fingerprint density at radius 2 is 2.13 bits per heavy atom. The zero-order valence-electron chi connectivity index (χ0n) is 9.50. The van der Waals surface area contributed by atoms with Crippen LogP contribution in [-0.4, -0.2) is 28.7 Å². The first-order valence-corrected chi connectivity index (χ1v) is 6.83. The molecule has 1 aromatic heterocycles. The molecule has 0 radical (unpaired) electrons. The van der Waals surface area contributed by atoms with E-state index in [0.717, 1.165) is 16.5 Å². The molecule has 0 N–H and O–H groups in total. The molecule has 0 atom stereocenters. The molecular formula is C11H16BrNOS. The average Bonchev–Trinajstić information content (AvgIpc) is 2.62. The molecule has 15 heavy (non-hydrogen) atoms. The largest absolute Gasteiger partial charge is 0.336 e. The van der Waals surface area contributed by atoms with E-state index in [9.17, 15) is 4.79 Å². The van der Waals surface area contributed by atoms with E-state index in [1.807, 2.05) is 38.6 Å². The van der Waals surface area contributed by atoms with Crippen LogP contribution in [0.2, 0.25) is 0 Å². The van der Waals surface area contributed by atoms with Crippen LogP contribution in [0.15, 0.2) is 10.8 Å². The first kappa shape index (κ1) is 12.7. The fourth-order valence-corrected chi connectivity index (χ4v) is 2.32. The third kappa shape index (κ3) is 2.61. The van der Waals surface area contributed by atoms with Gasteiger partial charge in [-0.3, -0.25) is 4.79 Å². The molecule has 0 saturated carbocycles. The molecule has 0 aliphatic carbocycles. The Kier molecular flexibility index (Phi) is 3.95. The number of rotatable bonds is 3. The summed E-state index contributed by atoms with van der Waals surface area (Å²) in [4.78, 5) is 13.9. The Morgan fingerprint density at radius 3 is 2.53 bits per heavy atom. The quantitative estimate of drug-likeness (QED) is 0.782. The van der Waals surface area contributed by atoms with Gasteiger partial charge in [0.2, 0.25) is 0 Å². The molecule has 1 amide bonds. The van der Waals surface area contributed by atoms with Gasteiger partial charge in [0, 0.05) is 23.3 Å². The molecule has 0 unspecified atom stereocenters. The number of alkyl halides is 1. The van der Waals surface area contributed by atoms with E-state index >= 15 is 0 Å². The Hall–Kier alpha value is -0.350. The fraction of sp³-hybridized carbons (Fsp3) is 0.545. The third-order valence-corrected chi connectivity index (χ3v) is 4.86. The van der Waals surface area contributed by atoms with E-state index in [1.165, 1.54) is 0 Å². The number of amides is 1. The number of hydrogen-bond acceptors (Lipinski definition) is 2. The standard InChI is InChI=1S/C11H16BrNOS/c1-8-5-15-6-9(8)10(14)13(4)11(2,3)7-12/h5-6H,7H2,1-4H3. The lowest BCUT2D eigenvalue weighted by Crippen LogP contribution is -2.46. The van der Waals surface area contributed by atoms with Gasteiger partial charge in [-0.1, -0.05) is 15.9 Å². The summed E-state index contributed by atoms with van der Waals surface area (Å²) in [5.74, 6) is 0.0956. The fourth-order valence-electron chi connectivity index (χ4n) is 1.12. The normalized spacial score (nSPS) is 11.5. The maximum Gasteiger partial charge on any atom is 0.255 e. The van der Waals surface area contributed by atoms with Crippen molar-refractivity contribution in [3.05, 3.63) is 21.9 Å². The number of nitrogens with zero attached hydrogens (tertiary/aromatic N) is 1.